The SMILES string of the molecule is CC(C)C(=O)C(C)C(=O)C1CCCC1. The molecule has 0 aromatic heterocycles. The summed E-state index contributed by atoms with van der Waals surface area (Å²) in [7, 11) is 0. The van der Waals surface area contributed by atoms with Gasteiger partial charge in [0.2, 0.25) is 0 Å². The zero-order valence-electron chi connectivity index (χ0n) is 9.38. The molecule has 14 heavy (non-hydrogen) atoms. The minimum atomic E-state index is -0.377. The van der Waals surface area contributed by atoms with Crippen LogP contribution in [0.3, 0.4) is 0 Å². The van der Waals surface area contributed by atoms with Crippen LogP contribution < -0.4 is 0 Å². The quantitative estimate of drug-likeness (QED) is 0.648. The van der Waals surface area contributed by atoms with Crippen molar-refractivity contribution in [3.8, 4) is 0 Å². The topological polar surface area (TPSA) is 34.1 Å². The Bertz CT molecular complexity index is 224. The molecule has 0 saturated heterocycles. The molecule has 0 radical (unpaired) electrons. The van der Waals surface area contributed by atoms with Gasteiger partial charge in [0, 0.05) is 11.8 Å². The van der Waals surface area contributed by atoms with E-state index in [-0.39, 0.29) is 29.3 Å². The Kier molecular flexibility index (Phi) is 3.85. The fraction of sp³-hybridized carbons (Fsp3) is 0.833. The second-order valence-corrected chi connectivity index (χ2v) is 4.66. The summed E-state index contributed by atoms with van der Waals surface area (Å²) in [5, 5.41) is 0. The number of Topliss-reactive ketones (excluding diaryl/α,β-unsaturated/α-hetero) is 2. The first-order chi connectivity index (χ1) is 6.54. The lowest BCUT2D eigenvalue weighted by atomic mass is 9.86. The van der Waals surface area contributed by atoms with Crippen molar-refractivity contribution in [3.63, 3.8) is 0 Å². The number of hydrogen-bond donors (Lipinski definition) is 0. The summed E-state index contributed by atoms with van der Waals surface area (Å²) in [6.45, 7) is 5.49. The van der Waals surface area contributed by atoms with Crippen molar-refractivity contribution >= 4 is 11.6 Å². The van der Waals surface area contributed by atoms with Crippen LogP contribution in [0.4, 0.5) is 0 Å². The smallest absolute Gasteiger partial charge is 0.146 e. The van der Waals surface area contributed by atoms with Gasteiger partial charge in [-0.2, -0.15) is 0 Å². The highest BCUT2D eigenvalue weighted by atomic mass is 16.2. The van der Waals surface area contributed by atoms with E-state index in [0.717, 1.165) is 25.7 Å². The zero-order valence-corrected chi connectivity index (χ0v) is 9.38. The van der Waals surface area contributed by atoms with Crippen LogP contribution >= 0.6 is 0 Å². The fourth-order valence-corrected chi connectivity index (χ4v) is 2.20. The molecule has 1 unspecified atom stereocenters. The molecule has 0 amide bonds. The van der Waals surface area contributed by atoms with E-state index >= 15 is 0 Å². The Balaban J connectivity index is 2.55. The largest absolute Gasteiger partial charge is 0.299 e. The van der Waals surface area contributed by atoms with Gasteiger partial charge < -0.3 is 0 Å². The van der Waals surface area contributed by atoms with E-state index in [1.807, 2.05) is 13.8 Å². The third kappa shape index (κ3) is 2.43. The molecule has 80 valence electrons. The van der Waals surface area contributed by atoms with Crippen molar-refractivity contribution in [2.75, 3.05) is 0 Å². The van der Waals surface area contributed by atoms with Gasteiger partial charge in [-0.05, 0) is 19.8 Å². The average molecular weight is 196 g/mol. The molecule has 2 heteroatoms. The van der Waals surface area contributed by atoms with Gasteiger partial charge >= 0.3 is 0 Å². The maximum absolute atomic E-state index is 11.9. The molecule has 1 fully saturated rings. The second-order valence-electron chi connectivity index (χ2n) is 4.66. The molecule has 2 nitrogen and oxygen atoms in total. The van der Waals surface area contributed by atoms with Crippen molar-refractivity contribution in [3.05, 3.63) is 0 Å². The standard InChI is InChI=1S/C12H20O2/c1-8(2)11(13)9(3)12(14)10-6-4-5-7-10/h8-10H,4-7H2,1-3H3. The van der Waals surface area contributed by atoms with Crippen LogP contribution in [0, 0.1) is 17.8 Å². The van der Waals surface area contributed by atoms with E-state index in [2.05, 4.69) is 0 Å². The van der Waals surface area contributed by atoms with Crippen molar-refractivity contribution in [2.45, 2.75) is 46.5 Å². The lowest BCUT2D eigenvalue weighted by Crippen LogP contribution is -2.29. The molecule has 1 aliphatic carbocycles. The van der Waals surface area contributed by atoms with Gasteiger partial charge in [-0.25, -0.2) is 0 Å². The average Bonchev–Trinajstić information content (AvgIpc) is 2.67. The molecular weight excluding hydrogens is 176 g/mol. The summed E-state index contributed by atoms with van der Waals surface area (Å²) in [4.78, 5) is 23.5. The van der Waals surface area contributed by atoms with Crippen molar-refractivity contribution in [2.24, 2.45) is 17.8 Å². The minimum absolute atomic E-state index is 0.0182. The molecule has 0 aliphatic heterocycles. The molecule has 0 bridgehead atoms. The predicted molar refractivity (Wildman–Crippen MR) is 56.0 cm³/mol. The van der Waals surface area contributed by atoms with Crippen LogP contribution in [0.5, 0.6) is 0 Å². The highest BCUT2D eigenvalue weighted by Gasteiger charge is 2.31. The summed E-state index contributed by atoms with van der Waals surface area (Å²) in [6, 6.07) is 0. The highest BCUT2D eigenvalue weighted by Crippen LogP contribution is 2.28. The van der Waals surface area contributed by atoms with E-state index in [0.29, 0.717) is 0 Å². The first kappa shape index (κ1) is 11.4. The number of hydrogen-bond acceptors (Lipinski definition) is 2. The molecule has 1 saturated carbocycles. The third-order valence-corrected chi connectivity index (χ3v) is 3.18. The third-order valence-electron chi connectivity index (χ3n) is 3.18. The monoisotopic (exact) mass is 196 g/mol. The normalized spacial score (nSPS) is 20.0. The Labute approximate surface area is 86.1 Å². The molecule has 0 aromatic carbocycles. The van der Waals surface area contributed by atoms with E-state index in [4.69, 9.17) is 0 Å². The lowest BCUT2D eigenvalue weighted by Gasteiger charge is -2.15. The summed E-state index contributed by atoms with van der Waals surface area (Å²) in [5.74, 6) is 0.0595. The molecular formula is C12H20O2. The van der Waals surface area contributed by atoms with E-state index in [1.54, 1.807) is 6.92 Å². The number of carbonyl (C=O) groups is 2. The summed E-state index contributed by atoms with van der Waals surface area (Å²) < 4.78 is 0. The number of rotatable bonds is 4. The van der Waals surface area contributed by atoms with Crippen molar-refractivity contribution in [1.29, 1.82) is 0 Å². The van der Waals surface area contributed by atoms with Crippen LogP contribution in [0.15, 0.2) is 0 Å². The molecule has 1 aliphatic rings. The van der Waals surface area contributed by atoms with Gasteiger partial charge in [-0.1, -0.05) is 26.7 Å². The van der Waals surface area contributed by atoms with Gasteiger partial charge in [-0.3, -0.25) is 9.59 Å². The maximum atomic E-state index is 11.9. The van der Waals surface area contributed by atoms with Crippen molar-refractivity contribution in [1.82, 2.24) is 0 Å². The molecule has 1 rings (SSSR count). The summed E-state index contributed by atoms with van der Waals surface area (Å²) >= 11 is 0. The first-order valence-electron chi connectivity index (χ1n) is 5.61. The number of carbonyl (C=O) groups excluding carboxylic acids is 2. The highest BCUT2D eigenvalue weighted by molar-refractivity contribution is 6.03. The minimum Gasteiger partial charge on any atom is -0.299 e. The van der Waals surface area contributed by atoms with Crippen LogP contribution in [0.2, 0.25) is 0 Å². The zero-order chi connectivity index (χ0) is 10.7. The van der Waals surface area contributed by atoms with Crippen LogP contribution in [-0.4, -0.2) is 11.6 Å². The molecule has 0 N–H and O–H groups in total. The first-order valence-corrected chi connectivity index (χ1v) is 5.61. The molecule has 0 aromatic rings. The summed E-state index contributed by atoms with van der Waals surface area (Å²) in [6.07, 6.45) is 4.29. The number of ketones is 2. The Morgan fingerprint density at radius 1 is 1.07 bits per heavy atom. The van der Waals surface area contributed by atoms with Gasteiger partial charge in [0.1, 0.15) is 11.6 Å². The van der Waals surface area contributed by atoms with Gasteiger partial charge in [0.25, 0.3) is 0 Å². The maximum Gasteiger partial charge on any atom is 0.146 e. The second kappa shape index (κ2) is 4.72. The Morgan fingerprint density at radius 2 is 1.57 bits per heavy atom. The predicted octanol–water partition coefficient (Wildman–Crippen LogP) is 2.61. The van der Waals surface area contributed by atoms with Gasteiger partial charge in [0.15, 0.2) is 0 Å². The van der Waals surface area contributed by atoms with Crippen LogP contribution in [0.25, 0.3) is 0 Å². The van der Waals surface area contributed by atoms with Gasteiger partial charge in [0.05, 0.1) is 5.92 Å². The Morgan fingerprint density at radius 3 is 2.00 bits per heavy atom. The molecule has 1 atom stereocenters. The lowest BCUT2D eigenvalue weighted by molar-refractivity contribution is -0.135. The van der Waals surface area contributed by atoms with E-state index in [9.17, 15) is 9.59 Å². The van der Waals surface area contributed by atoms with E-state index in [1.165, 1.54) is 0 Å². The van der Waals surface area contributed by atoms with Crippen LogP contribution in [-0.2, 0) is 9.59 Å². The summed E-state index contributed by atoms with van der Waals surface area (Å²) in [5.41, 5.74) is 0. The molecule has 0 spiro atoms. The van der Waals surface area contributed by atoms with E-state index < -0.39 is 0 Å². The van der Waals surface area contributed by atoms with Gasteiger partial charge in [-0.15, -0.1) is 0 Å². The van der Waals surface area contributed by atoms with Crippen LogP contribution in [0.1, 0.15) is 46.5 Å². The van der Waals surface area contributed by atoms with Crippen molar-refractivity contribution < 1.29 is 9.59 Å². The molecule has 0 heterocycles. The fourth-order valence-electron chi connectivity index (χ4n) is 2.20. The Hall–Kier alpha value is -0.660.